The van der Waals surface area contributed by atoms with E-state index in [1.54, 1.807) is 0 Å². The molecule has 1 aromatic heterocycles. The molecule has 0 fully saturated rings. The van der Waals surface area contributed by atoms with Crippen LogP contribution in [0.15, 0.2) is 41.1 Å². The van der Waals surface area contributed by atoms with Gasteiger partial charge in [-0.1, -0.05) is 41.1 Å². The quantitative estimate of drug-likeness (QED) is 0.746. The van der Waals surface area contributed by atoms with Crippen LogP contribution in [0, 0.1) is 0 Å². The van der Waals surface area contributed by atoms with Crippen LogP contribution in [0.25, 0.3) is 0 Å². The van der Waals surface area contributed by atoms with Crippen molar-refractivity contribution in [2.45, 2.75) is 32.7 Å². The second-order valence-corrected chi connectivity index (χ2v) is 5.85. The molecule has 1 N–H and O–H groups in total. The molecule has 0 amide bonds. The fourth-order valence-electron chi connectivity index (χ4n) is 2.14. The molecular weight excluding hydrogens is 314 g/mol. The van der Waals surface area contributed by atoms with Crippen LogP contribution < -0.4 is 5.32 Å². The van der Waals surface area contributed by atoms with E-state index in [9.17, 15) is 0 Å². The van der Waals surface area contributed by atoms with Crippen molar-refractivity contribution in [3.63, 3.8) is 0 Å². The van der Waals surface area contributed by atoms with Gasteiger partial charge in [-0.2, -0.15) is 5.10 Å². The summed E-state index contributed by atoms with van der Waals surface area (Å²) in [6.07, 6.45) is 7.59. The van der Waals surface area contributed by atoms with Crippen molar-refractivity contribution >= 4 is 15.9 Å². The number of halogens is 1. The Morgan fingerprint density at radius 1 is 1.25 bits per heavy atom. The molecular formula is C16H22BrN3. The molecule has 4 heteroatoms. The summed E-state index contributed by atoms with van der Waals surface area (Å²) < 4.78 is 3.15. The lowest BCUT2D eigenvalue weighted by Gasteiger charge is -2.04. The highest BCUT2D eigenvalue weighted by Gasteiger charge is 2.02. The molecule has 108 valence electrons. The Balaban J connectivity index is 1.82. The number of hydrogen-bond acceptors (Lipinski definition) is 2. The summed E-state index contributed by atoms with van der Waals surface area (Å²) in [6.45, 7) is 5.21. The SMILES string of the molecule is CCCNCCCc1cnn(Cc2ccccc2Br)c1. The number of nitrogens with one attached hydrogen (secondary N) is 1. The van der Waals surface area contributed by atoms with Gasteiger partial charge in [-0.25, -0.2) is 0 Å². The van der Waals surface area contributed by atoms with Crippen molar-refractivity contribution in [3.8, 4) is 0 Å². The molecule has 0 saturated carbocycles. The Labute approximate surface area is 129 Å². The third-order valence-corrected chi connectivity index (χ3v) is 4.00. The largest absolute Gasteiger partial charge is 0.317 e. The molecule has 2 aromatic rings. The minimum Gasteiger partial charge on any atom is -0.317 e. The van der Waals surface area contributed by atoms with Crippen LogP contribution in [0.1, 0.15) is 30.9 Å². The molecule has 0 bridgehead atoms. The van der Waals surface area contributed by atoms with Gasteiger partial charge in [0.25, 0.3) is 0 Å². The van der Waals surface area contributed by atoms with Crippen LogP contribution in [0.2, 0.25) is 0 Å². The average Bonchev–Trinajstić information content (AvgIpc) is 2.89. The van der Waals surface area contributed by atoms with E-state index in [-0.39, 0.29) is 0 Å². The molecule has 3 nitrogen and oxygen atoms in total. The van der Waals surface area contributed by atoms with Gasteiger partial charge in [0.15, 0.2) is 0 Å². The van der Waals surface area contributed by atoms with Gasteiger partial charge in [0, 0.05) is 10.7 Å². The van der Waals surface area contributed by atoms with Crippen LogP contribution in [-0.2, 0) is 13.0 Å². The Morgan fingerprint density at radius 2 is 2.10 bits per heavy atom. The fraction of sp³-hybridized carbons (Fsp3) is 0.438. The zero-order chi connectivity index (χ0) is 14.2. The zero-order valence-corrected chi connectivity index (χ0v) is 13.6. The maximum atomic E-state index is 4.44. The lowest BCUT2D eigenvalue weighted by molar-refractivity contribution is 0.639. The summed E-state index contributed by atoms with van der Waals surface area (Å²) in [5, 5.41) is 7.87. The average molecular weight is 336 g/mol. The van der Waals surface area contributed by atoms with Gasteiger partial charge in [-0.05, 0) is 49.5 Å². The van der Waals surface area contributed by atoms with Crippen LogP contribution in [-0.4, -0.2) is 22.9 Å². The third kappa shape index (κ3) is 4.76. The van der Waals surface area contributed by atoms with E-state index in [2.05, 4.69) is 57.7 Å². The van der Waals surface area contributed by atoms with E-state index >= 15 is 0 Å². The van der Waals surface area contributed by atoms with Crippen molar-refractivity contribution in [2.24, 2.45) is 0 Å². The smallest absolute Gasteiger partial charge is 0.0670 e. The summed E-state index contributed by atoms with van der Waals surface area (Å²) >= 11 is 3.58. The minimum atomic E-state index is 0.815. The molecule has 0 atom stereocenters. The molecule has 0 radical (unpaired) electrons. The van der Waals surface area contributed by atoms with Crippen LogP contribution >= 0.6 is 15.9 Å². The third-order valence-electron chi connectivity index (χ3n) is 3.22. The Hall–Kier alpha value is -1.13. The van der Waals surface area contributed by atoms with Gasteiger partial charge in [-0.15, -0.1) is 0 Å². The second kappa shape index (κ2) is 8.22. The van der Waals surface area contributed by atoms with Crippen molar-refractivity contribution in [1.82, 2.24) is 15.1 Å². The van der Waals surface area contributed by atoms with Crippen LogP contribution in [0.5, 0.6) is 0 Å². The lowest BCUT2D eigenvalue weighted by atomic mass is 10.2. The number of hydrogen-bond donors (Lipinski definition) is 1. The highest BCUT2D eigenvalue weighted by molar-refractivity contribution is 9.10. The Morgan fingerprint density at radius 3 is 2.90 bits per heavy atom. The van der Waals surface area contributed by atoms with Gasteiger partial charge < -0.3 is 5.32 Å². The van der Waals surface area contributed by atoms with Gasteiger partial charge >= 0.3 is 0 Å². The summed E-state index contributed by atoms with van der Waals surface area (Å²) in [4.78, 5) is 0. The Bertz CT molecular complexity index is 522. The highest BCUT2D eigenvalue weighted by atomic mass is 79.9. The highest BCUT2D eigenvalue weighted by Crippen LogP contribution is 2.17. The first kappa shape index (κ1) is 15.3. The van der Waals surface area contributed by atoms with E-state index < -0.39 is 0 Å². The molecule has 1 aromatic carbocycles. The molecule has 0 unspecified atom stereocenters. The topological polar surface area (TPSA) is 29.9 Å². The maximum Gasteiger partial charge on any atom is 0.0670 e. The van der Waals surface area contributed by atoms with E-state index in [0.717, 1.165) is 30.5 Å². The summed E-state index contributed by atoms with van der Waals surface area (Å²) in [5.41, 5.74) is 2.57. The van der Waals surface area contributed by atoms with Gasteiger partial charge in [0.1, 0.15) is 0 Å². The fourth-order valence-corrected chi connectivity index (χ4v) is 2.55. The van der Waals surface area contributed by atoms with Gasteiger partial charge in [-0.3, -0.25) is 4.68 Å². The summed E-state index contributed by atoms with van der Waals surface area (Å²) in [7, 11) is 0. The normalized spacial score (nSPS) is 10.9. The predicted molar refractivity (Wildman–Crippen MR) is 87.0 cm³/mol. The van der Waals surface area contributed by atoms with Crippen LogP contribution in [0.3, 0.4) is 0 Å². The molecule has 0 spiro atoms. The van der Waals surface area contributed by atoms with Crippen molar-refractivity contribution < 1.29 is 0 Å². The molecule has 0 saturated heterocycles. The van der Waals surface area contributed by atoms with Crippen molar-refractivity contribution in [2.75, 3.05) is 13.1 Å². The first-order valence-electron chi connectivity index (χ1n) is 7.25. The minimum absolute atomic E-state index is 0.815. The van der Waals surface area contributed by atoms with E-state index in [0.29, 0.717) is 0 Å². The van der Waals surface area contributed by atoms with E-state index in [1.165, 1.54) is 24.0 Å². The number of aryl methyl sites for hydroxylation is 1. The van der Waals surface area contributed by atoms with Crippen molar-refractivity contribution in [1.29, 1.82) is 0 Å². The predicted octanol–water partition coefficient (Wildman–Crippen LogP) is 3.63. The first-order chi connectivity index (χ1) is 9.79. The maximum absolute atomic E-state index is 4.44. The first-order valence-corrected chi connectivity index (χ1v) is 8.04. The Kier molecular flexibility index (Phi) is 6.27. The molecule has 1 heterocycles. The molecule has 0 aliphatic rings. The van der Waals surface area contributed by atoms with E-state index in [1.807, 2.05) is 16.9 Å². The number of aromatic nitrogens is 2. The second-order valence-electron chi connectivity index (χ2n) is 4.99. The number of nitrogens with zero attached hydrogens (tertiary/aromatic N) is 2. The zero-order valence-electron chi connectivity index (χ0n) is 12.0. The summed E-state index contributed by atoms with van der Waals surface area (Å²) in [6, 6.07) is 8.29. The van der Waals surface area contributed by atoms with Crippen LogP contribution in [0.4, 0.5) is 0 Å². The monoisotopic (exact) mass is 335 g/mol. The lowest BCUT2D eigenvalue weighted by Crippen LogP contribution is -2.16. The van der Waals surface area contributed by atoms with Gasteiger partial charge in [0.05, 0.1) is 12.7 Å². The number of rotatable bonds is 8. The molecule has 0 aliphatic carbocycles. The van der Waals surface area contributed by atoms with Crippen molar-refractivity contribution in [3.05, 3.63) is 52.3 Å². The standard InChI is InChI=1S/C16H22BrN3/c1-2-9-18-10-5-6-14-11-19-20(12-14)13-15-7-3-4-8-16(15)17/h3-4,7-8,11-12,18H,2,5-6,9-10,13H2,1H3. The molecule has 20 heavy (non-hydrogen) atoms. The summed E-state index contributed by atoms with van der Waals surface area (Å²) in [5.74, 6) is 0. The van der Waals surface area contributed by atoms with Gasteiger partial charge in [0.2, 0.25) is 0 Å². The number of benzene rings is 1. The van der Waals surface area contributed by atoms with E-state index in [4.69, 9.17) is 0 Å². The molecule has 2 rings (SSSR count). The molecule has 0 aliphatic heterocycles.